The van der Waals surface area contributed by atoms with E-state index in [-0.39, 0.29) is 18.5 Å². The van der Waals surface area contributed by atoms with E-state index in [2.05, 4.69) is 30.5 Å². The maximum absolute atomic E-state index is 13.3. The van der Waals surface area contributed by atoms with Gasteiger partial charge in [0.1, 0.15) is 5.82 Å². The van der Waals surface area contributed by atoms with Crippen LogP contribution in [0.25, 0.3) is 28.1 Å². The fourth-order valence-electron chi connectivity index (χ4n) is 3.09. The van der Waals surface area contributed by atoms with Crippen LogP contribution in [0.15, 0.2) is 54.6 Å². The number of halogens is 1. The molecule has 3 heteroatoms. The molecule has 0 amide bonds. The Balaban J connectivity index is 2.38. The quantitative estimate of drug-likeness (QED) is 0.718. The molecular weight excluding hydrogens is 289 g/mol. The molecule has 0 aliphatic heterocycles. The maximum Gasteiger partial charge on any atom is 0.123 e. The lowest BCUT2D eigenvalue weighted by Crippen LogP contribution is -2.03. The second-order valence-electron chi connectivity index (χ2n) is 5.83. The van der Waals surface area contributed by atoms with Crippen LogP contribution in [-0.4, -0.2) is 16.3 Å². The number of aliphatic hydroxyl groups is 1. The zero-order valence-corrected chi connectivity index (χ0v) is 13.3. The number of para-hydroxylation sites is 1. The number of aliphatic hydroxyl groups excluding tert-OH is 1. The Morgan fingerprint density at radius 2 is 1.78 bits per heavy atom. The predicted octanol–water partition coefficient (Wildman–Crippen LogP) is 5.03. The third-order valence-corrected chi connectivity index (χ3v) is 3.98. The molecule has 0 aliphatic carbocycles. The summed E-state index contributed by atoms with van der Waals surface area (Å²) < 4.78 is 15.6. The lowest BCUT2D eigenvalue weighted by atomic mass is 10.0. The summed E-state index contributed by atoms with van der Waals surface area (Å²) in [4.78, 5) is 0. The number of hydrogen-bond donors (Lipinski definition) is 1. The number of aromatic nitrogens is 1. The molecule has 2 aromatic carbocycles. The normalized spacial score (nSPS) is 11.9. The third-order valence-electron chi connectivity index (χ3n) is 3.98. The van der Waals surface area contributed by atoms with E-state index in [1.54, 1.807) is 18.2 Å². The van der Waals surface area contributed by atoms with Gasteiger partial charge in [0.05, 0.1) is 6.61 Å². The number of rotatable bonds is 4. The van der Waals surface area contributed by atoms with Crippen molar-refractivity contribution in [2.24, 2.45) is 0 Å². The van der Waals surface area contributed by atoms with Gasteiger partial charge in [-0.25, -0.2) is 4.39 Å². The molecule has 1 aromatic heterocycles. The van der Waals surface area contributed by atoms with Crippen molar-refractivity contribution in [1.82, 2.24) is 4.57 Å². The van der Waals surface area contributed by atoms with Gasteiger partial charge >= 0.3 is 0 Å². The first-order chi connectivity index (χ1) is 11.1. The van der Waals surface area contributed by atoms with Crippen molar-refractivity contribution >= 4 is 17.0 Å². The Morgan fingerprint density at radius 1 is 1.09 bits per heavy atom. The highest BCUT2D eigenvalue weighted by Gasteiger charge is 2.18. The van der Waals surface area contributed by atoms with Crippen LogP contribution in [0.4, 0.5) is 4.39 Å². The number of nitrogens with zero attached hydrogens (tertiary/aromatic N) is 1. The molecule has 1 heterocycles. The van der Waals surface area contributed by atoms with Crippen molar-refractivity contribution in [2.45, 2.75) is 19.9 Å². The molecule has 0 bridgehead atoms. The minimum Gasteiger partial charge on any atom is -0.392 e. The zero-order chi connectivity index (χ0) is 16.4. The van der Waals surface area contributed by atoms with Crippen molar-refractivity contribution in [3.63, 3.8) is 0 Å². The molecule has 3 aromatic rings. The summed E-state index contributed by atoms with van der Waals surface area (Å²) >= 11 is 0. The second kappa shape index (κ2) is 6.39. The minimum atomic E-state index is -0.242. The van der Waals surface area contributed by atoms with E-state index in [0.29, 0.717) is 0 Å². The van der Waals surface area contributed by atoms with Gasteiger partial charge in [0, 0.05) is 28.2 Å². The topological polar surface area (TPSA) is 25.2 Å². The van der Waals surface area contributed by atoms with Crippen molar-refractivity contribution in [3.05, 3.63) is 66.1 Å². The SMILES string of the molecule is CC(C)n1c(C=CCO)c(-c2ccc(F)cc2)c2ccccc21. The monoisotopic (exact) mass is 309 g/mol. The fourth-order valence-corrected chi connectivity index (χ4v) is 3.09. The lowest BCUT2D eigenvalue weighted by molar-refractivity contribution is 0.343. The van der Waals surface area contributed by atoms with Crippen LogP contribution in [-0.2, 0) is 0 Å². The van der Waals surface area contributed by atoms with Gasteiger partial charge in [-0.15, -0.1) is 0 Å². The Morgan fingerprint density at radius 3 is 2.43 bits per heavy atom. The van der Waals surface area contributed by atoms with E-state index < -0.39 is 0 Å². The first-order valence-electron chi connectivity index (χ1n) is 7.79. The summed E-state index contributed by atoms with van der Waals surface area (Å²) in [6.45, 7) is 4.26. The van der Waals surface area contributed by atoms with Gasteiger partial charge in [-0.1, -0.05) is 36.4 Å². The van der Waals surface area contributed by atoms with Gasteiger partial charge < -0.3 is 9.67 Å². The largest absolute Gasteiger partial charge is 0.392 e. The smallest absolute Gasteiger partial charge is 0.123 e. The van der Waals surface area contributed by atoms with Gasteiger partial charge in [0.25, 0.3) is 0 Å². The van der Waals surface area contributed by atoms with Crippen LogP contribution in [0.2, 0.25) is 0 Å². The van der Waals surface area contributed by atoms with E-state index in [0.717, 1.165) is 27.7 Å². The second-order valence-corrected chi connectivity index (χ2v) is 5.83. The van der Waals surface area contributed by atoms with Crippen LogP contribution < -0.4 is 0 Å². The minimum absolute atomic E-state index is 0.0114. The highest BCUT2D eigenvalue weighted by atomic mass is 19.1. The molecule has 118 valence electrons. The summed E-state index contributed by atoms with van der Waals surface area (Å²) in [5.41, 5.74) is 4.21. The van der Waals surface area contributed by atoms with Crippen LogP contribution >= 0.6 is 0 Å². The first-order valence-corrected chi connectivity index (χ1v) is 7.79. The highest BCUT2D eigenvalue weighted by molar-refractivity contribution is 6.00. The molecule has 0 saturated heterocycles. The average molecular weight is 309 g/mol. The summed E-state index contributed by atoms with van der Waals surface area (Å²) in [7, 11) is 0. The van der Waals surface area contributed by atoms with Gasteiger partial charge in [-0.3, -0.25) is 0 Å². The molecule has 0 fully saturated rings. The number of fused-ring (bicyclic) bond motifs is 1. The maximum atomic E-state index is 13.3. The molecule has 0 radical (unpaired) electrons. The molecular formula is C20H20FNO. The lowest BCUT2D eigenvalue weighted by Gasteiger charge is -2.13. The van der Waals surface area contributed by atoms with Crippen LogP contribution in [0, 0.1) is 5.82 Å². The molecule has 0 unspecified atom stereocenters. The van der Waals surface area contributed by atoms with E-state index in [1.807, 2.05) is 18.2 Å². The average Bonchev–Trinajstić information content (AvgIpc) is 2.88. The number of hydrogen-bond acceptors (Lipinski definition) is 1. The summed E-state index contributed by atoms with van der Waals surface area (Å²) in [5, 5.41) is 10.3. The molecule has 1 N–H and O–H groups in total. The highest BCUT2D eigenvalue weighted by Crippen LogP contribution is 2.37. The van der Waals surface area contributed by atoms with Gasteiger partial charge in [-0.2, -0.15) is 0 Å². The Labute approximate surface area is 135 Å². The van der Waals surface area contributed by atoms with Crippen molar-refractivity contribution in [2.75, 3.05) is 6.61 Å². The predicted molar refractivity (Wildman–Crippen MR) is 93.8 cm³/mol. The molecule has 2 nitrogen and oxygen atoms in total. The van der Waals surface area contributed by atoms with E-state index in [9.17, 15) is 9.50 Å². The molecule has 0 atom stereocenters. The standard InChI is InChI=1S/C20H20FNO/c1-14(2)22-18-7-4-3-6-17(18)20(19(22)8-5-13-23)15-9-11-16(21)12-10-15/h3-12,14,23H,13H2,1-2H3. The van der Waals surface area contributed by atoms with Crippen molar-refractivity contribution in [3.8, 4) is 11.1 Å². The van der Waals surface area contributed by atoms with Crippen LogP contribution in [0.5, 0.6) is 0 Å². The van der Waals surface area contributed by atoms with Gasteiger partial charge in [-0.05, 0) is 43.7 Å². The molecule has 0 saturated carbocycles. The van der Waals surface area contributed by atoms with Crippen LogP contribution in [0.3, 0.4) is 0 Å². The van der Waals surface area contributed by atoms with Crippen LogP contribution in [0.1, 0.15) is 25.6 Å². The third kappa shape index (κ3) is 2.80. The Kier molecular flexibility index (Phi) is 4.30. The van der Waals surface area contributed by atoms with E-state index >= 15 is 0 Å². The fraction of sp³-hybridized carbons (Fsp3) is 0.200. The van der Waals surface area contributed by atoms with E-state index in [1.165, 1.54) is 12.1 Å². The molecule has 0 spiro atoms. The van der Waals surface area contributed by atoms with Gasteiger partial charge in [0.15, 0.2) is 0 Å². The van der Waals surface area contributed by atoms with Crippen molar-refractivity contribution < 1.29 is 9.50 Å². The first kappa shape index (κ1) is 15.5. The Bertz CT molecular complexity index is 844. The summed E-state index contributed by atoms with van der Waals surface area (Å²) in [6, 6.07) is 15.1. The number of benzene rings is 2. The van der Waals surface area contributed by atoms with E-state index in [4.69, 9.17) is 0 Å². The van der Waals surface area contributed by atoms with Crippen molar-refractivity contribution in [1.29, 1.82) is 0 Å². The van der Waals surface area contributed by atoms with Gasteiger partial charge in [0.2, 0.25) is 0 Å². The Hall–Kier alpha value is -2.39. The molecule has 23 heavy (non-hydrogen) atoms. The summed E-state index contributed by atoms with van der Waals surface area (Å²) in [5.74, 6) is -0.242. The summed E-state index contributed by atoms with van der Waals surface area (Å²) in [6.07, 6.45) is 3.68. The molecule has 0 aliphatic rings. The zero-order valence-electron chi connectivity index (χ0n) is 13.3. The molecule has 3 rings (SSSR count).